The first-order chi connectivity index (χ1) is 13.2. The van der Waals surface area contributed by atoms with E-state index in [0.29, 0.717) is 17.6 Å². The van der Waals surface area contributed by atoms with E-state index < -0.39 is 0 Å². The number of hydrogen-bond acceptors (Lipinski definition) is 6. The molecule has 138 valence electrons. The van der Waals surface area contributed by atoms with Gasteiger partial charge in [-0.1, -0.05) is 23.9 Å². The van der Waals surface area contributed by atoms with E-state index >= 15 is 0 Å². The number of rotatable bonds is 7. The van der Waals surface area contributed by atoms with Crippen LogP contribution in [-0.2, 0) is 0 Å². The van der Waals surface area contributed by atoms with Gasteiger partial charge in [-0.05, 0) is 50.2 Å². The van der Waals surface area contributed by atoms with Crippen LogP contribution < -0.4 is 9.47 Å². The number of ether oxygens (including phenoxy) is 2. The number of benzene rings is 2. The number of nitriles is 1. The Balaban J connectivity index is 2.10. The maximum Gasteiger partial charge on any atom is 0.197 e. The molecule has 0 saturated heterocycles. The van der Waals surface area contributed by atoms with Crippen LogP contribution in [0.4, 0.5) is 0 Å². The summed E-state index contributed by atoms with van der Waals surface area (Å²) in [6, 6.07) is 17.6. The first kappa shape index (κ1) is 18.8. The molecule has 0 saturated carbocycles. The van der Waals surface area contributed by atoms with Crippen LogP contribution in [0.5, 0.6) is 11.5 Å². The third-order valence-corrected chi connectivity index (χ3v) is 4.77. The smallest absolute Gasteiger partial charge is 0.197 e. The number of hydrogen-bond donors (Lipinski definition) is 0. The lowest BCUT2D eigenvalue weighted by molar-refractivity contribution is 0.340. The van der Waals surface area contributed by atoms with Crippen molar-refractivity contribution >= 4 is 11.8 Å². The molecule has 3 aromatic rings. The summed E-state index contributed by atoms with van der Waals surface area (Å²) >= 11 is 1.37. The lowest BCUT2D eigenvalue weighted by atomic mass is 10.2. The zero-order chi connectivity index (χ0) is 19.2. The Kier molecular flexibility index (Phi) is 5.99. The highest BCUT2D eigenvalue weighted by Gasteiger charge is 2.18. The minimum Gasteiger partial charge on any atom is -0.497 e. The van der Waals surface area contributed by atoms with Crippen molar-refractivity contribution in [3.05, 3.63) is 48.5 Å². The molecule has 7 heteroatoms. The molecule has 27 heavy (non-hydrogen) atoms. The van der Waals surface area contributed by atoms with Gasteiger partial charge in [0, 0.05) is 11.3 Å². The second kappa shape index (κ2) is 8.60. The monoisotopic (exact) mass is 380 g/mol. The largest absolute Gasteiger partial charge is 0.497 e. The van der Waals surface area contributed by atoms with E-state index in [4.69, 9.17) is 9.47 Å². The van der Waals surface area contributed by atoms with E-state index in [9.17, 15) is 5.26 Å². The first-order valence-electron chi connectivity index (χ1n) is 8.55. The molecule has 0 spiro atoms. The highest BCUT2D eigenvalue weighted by Crippen LogP contribution is 2.31. The number of thioether (sulfide) groups is 1. The van der Waals surface area contributed by atoms with Crippen molar-refractivity contribution in [2.75, 3.05) is 13.7 Å². The van der Waals surface area contributed by atoms with Crippen LogP contribution in [-0.4, -0.2) is 33.7 Å². The van der Waals surface area contributed by atoms with Gasteiger partial charge in [0.25, 0.3) is 0 Å². The third-order valence-electron chi connectivity index (χ3n) is 3.83. The Labute approximate surface area is 162 Å². The number of aromatic nitrogens is 3. The molecule has 1 atom stereocenters. The van der Waals surface area contributed by atoms with Gasteiger partial charge in [0.15, 0.2) is 11.0 Å². The van der Waals surface area contributed by atoms with E-state index in [-0.39, 0.29) is 5.25 Å². The fraction of sp³-hybridized carbons (Fsp3) is 0.250. The summed E-state index contributed by atoms with van der Waals surface area (Å²) in [4.78, 5) is 0. The van der Waals surface area contributed by atoms with E-state index in [0.717, 1.165) is 22.7 Å². The SMILES string of the molecule is CCOc1ccc(-n2c(S[C@H](C)C#N)nnc2-c2cccc(OC)c2)cc1. The number of methoxy groups -OCH3 is 1. The van der Waals surface area contributed by atoms with E-state index in [2.05, 4.69) is 16.3 Å². The molecule has 0 aliphatic carbocycles. The van der Waals surface area contributed by atoms with Gasteiger partial charge in [-0.15, -0.1) is 10.2 Å². The molecular formula is C20H20N4O2S. The molecule has 0 N–H and O–H groups in total. The fourth-order valence-corrected chi connectivity index (χ4v) is 3.32. The van der Waals surface area contributed by atoms with Crippen molar-refractivity contribution in [1.29, 1.82) is 5.26 Å². The van der Waals surface area contributed by atoms with Crippen LogP contribution >= 0.6 is 11.8 Å². The second-order valence-electron chi connectivity index (χ2n) is 5.69. The van der Waals surface area contributed by atoms with Gasteiger partial charge < -0.3 is 9.47 Å². The molecule has 0 fully saturated rings. The average Bonchev–Trinajstić information content (AvgIpc) is 3.12. The lowest BCUT2D eigenvalue weighted by Crippen LogP contribution is -2.02. The molecule has 2 aromatic carbocycles. The summed E-state index contributed by atoms with van der Waals surface area (Å²) in [6.07, 6.45) is 0. The van der Waals surface area contributed by atoms with Crippen molar-refractivity contribution in [1.82, 2.24) is 14.8 Å². The summed E-state index contributed by atoms with van der Waals surface area (Å²) in [5.41, 5.74) is 1.78. The van der Waals surface area contributed by atoms with Gasteiger partial charge in [-0.3, -0.25) is 4.57 Å². The van der Waals surface area contributed by atoms with Crippen molar-refractivity contribution in [3.63, 3.8) is 0 Å². The molecule has 0 aliphatic rings. The second-order valence-corrected chi connectivity index (χ2v) is 7.00. The molecular weight excluding hydrogens is 360 g/mol. The summed E-state index contributed by atoms with van der Waals surface area (Å²) in [6.45, 7) is 4.40. The van der Waals surface area contributed by atoms with Crippen molar-refractivity contribution in [3.8, 4) is 34.6 Å². The van der Waals surface area contributed by atoms with Gasteiger partial charge in [0.1, 0.15) is 11.5 Å². The minimum absolute atomic E-state index is 0.242. The van der Waals surface area contributed by atoms with Crippen molar-refractivity contribution in [2.24, 2.45) is 0 Å². The first-order valence-corrected chi connectivity index (χ1v) is 9.43. The van der Waals surface area contributed by atoms with Crippen molar-refractivity contribution in [2.45, 2.75) is 24.3 Å². The van der Waals surface area contributed by atoms with E-state index in [1.165, 1.54) is 11.8 Å². The Morgan fingerprint density at radius 3 is 2.59 bits per heavy atom. The Morgan fingerprint density at radius 1 is 1.15 bits per heavy atom. The zero-order valence-electron chi connectivity index (χ0n) is 15.4. The molecule has 6 nitrogen and oxygen atoms in total. The third kappa shape index (κ3) is 4.23. The molecule has 1 aromatic heterocycles. The standard InChI is InChI=1S/C20H20N4O2S/c1-4-26-17-10-8-16(9-11-17)24-19(15-6-5-7-18(12-15)25-3)22-23-20(24)27-14(2)13-21/h5-12,14H,4H2,1-3H3/t14-/m1/s1. The summed E-state index contributed by atoms with van der Waals surface area (Å²) < 4.78 is 12.8. The Hall–Kier alpha value is -2.98. The molecule has 0 unspecified atom stereocenters. The minimum atomic E-state index is -0.242. The molecule has 0 aliphatic heterocycles. The van der Waals surface area contributed by atoms with Crippen LogP contribution in [0.3, 0.4) is 0 Å². The summed E-state index contributed by atoms with van der Waals surface area (Å²) in [5.74, 6) is 2.23. The number of nitrogens with zero attached hydrogens (tertiary/aromatic N) is 4. The lowest BCUT2D eigenvalue weighted by Gasteiger charge is -2.12. The van der Waals surface area contributed by atoms with Crippen LogP contribution in [0.25, 0.3) is 17.1 Å². The van der Waals surface area contributed by atoms with Crippen LogP contribution in [0.1, 0.15) is 13.8 Å². The zero-order valence-corrected chi connectivity index (χ0v) is 16.2. The quantitative estimate of drug-likeness (QED) is 0.568. The van der Waals surface area contributed by atoms with Crippen LogP contribution in [0.2, 0.25) is 0 Å². The van der Waals surface area contributed by atoms with Gasteiger partial charge in [-0.2, -0.15) is 5.26 Å². The van der Waals surface area contributed by atoms with Crippen molar-refractivity contribution < 1.29 is 9.47 Å². The predicted octanol–water partition coefficient (Wildman–Crippen LogP) is 4.35. The van der Waals surface area contributed by atoms with Crippen LogP contribution in [0, 0.1) is 11.3 Å². The van der Waals surface area contributed by atoms with Gasteiger partial charge in [0.05, 0.1) is 25.0 Å². The highest BCUT2D eigenvalue weighted by molar-refractivity contribution is 8.00. The molecule has 0 radical (unpaired) electrons. The molecule has 0 amide bonds. The van der Waals surface area contributed by atoms with Gasteiger partial charge in [-0.25, -0.2) is 0 Å². The molecule has 3 rings (SSSR count). The maximum absolute atomic E-state index is 9.18. The topological polar surface area (TPSA) is 73.0 Å². The molecule has 1 heterocycles. The van der Waals surface area contributed by atoms with Gasteiger partial charge >= 0.3 is 0 Å². The van der Waals surface area contributed by atoms with Crippen LogP contribution in [0.15, 0.2) is 53.7 Å². The normalized spacial score (nSPS) is 11.6. The Bertz CT molecular complexity index is 947. The molecule has 0 bridgehead atoms. The Morgan fingerprint density at radius 2 is 1.93 bits per heavy atom. The average molecular weight is 380 g/mol. The van der Waals surface area contributed by atoms with E-state index in [1.807, 2.05) is 66.9 Å². The van der Waals surface area contributed by atoms with Gasteiger partial charge in [0.2, 0.25) is 0 Å². The predicted molar refractivity (Wildman–Crippen MR) is 105 cm³/mol. The maximum atomic E-state index is 9.18. The summed E-state index contributed by atoms with van der Waals surface area (Å²) in [7, 11) is 1.63. The summed E-state index contributed by atoms with van der Waals surface area (Å²) in [5, 5.41) is 18.3. The fourth-order valence-electron chi connectivity index (χ4n) is 2.57. The van der Waals surface area contributed by atoms with E-state index in [1.54, 1.807) is 7.11 Å². The highest BCUT2D eigenvalue weighted by atomic mass is 32.2.